The maximum Gasteiger partial charge on any atom is 0.291 e. The summed E-state index contributed by atoms with van der Waals surface area (Å²) < 4.78 is 31.5. The van der Waals surface area contributed by atoms with E-state index in [1.165, 1.54) is 12.1 Å². The van der Waals surface area contributed by atoms with Crippen LogP contribution in [0.1, 0.15) is 60.5 Å². The van der Waals surface area contributed by atoms with Gasteiger partial charge >= 0.3 is 0 Å². The zero-order valence-electron chi connectivity index (χ0n) is 21.7. The molecule has 0 spiro atoms. The Morgan fingerprint density at radius 1 is 0.974 bits per heavy atom. The van der Waals surface area contributed by atoms with Crippen LogP contribution in [0.4, 0.5) is 4.39 Å². The molecule has 4 aromatic rings. The molecule has 3 aromatic carbocycles. The van der Waals surface area contributed by atoms with E-state index in [4.69, 9.17) is 13.9 Å². The number of nitrogens with zero attached hydrogens (tertiary/aromatic N) is 1. The van der Waals surface area contributed by atoms with E-state index in [1.54, 1.807) is 41.3 Å². The summed E-state index contributed by atoms with van der Waals surface area (Å²) in [7, 11) is 0. The quantitative estimate of drug-likeness (QED) is 0.254. The van der Waals surface area contributed by atoms with E-state index in [1.807, 2.05) is 25.1 Å². The molecular weight excluding hydrogens is 485 g/mol. The van der Waals surface area contributed by atoms with Gasteiger partial charge in [0.05, 0.1) is 30.2 Å². The minimum absolute atomic E-state index is 0.0241. The van der Waals surface area contributed by atoms with Gasteiger partial charge in [-0.3, -0.25) is 9.59 Å². The summed E-state index contributed by atoms with van der Waals surface area (Å²) in [6.45, 7) is 7.30. The van der Waals surface area contributed by atoms with Gasteiger partial charge in [-0.1, -0.05) is 44.2 Å². The predicted octanol–water partition coefficient (Wildman–Crippen LogP) is 6.50. The summed E-state index contributed by atoms with van der Waals surface area (Å²) in [6.07, 6.45) is 0.900. The highest BCUT2D eigenvalue weighted by atomic mass is 19.1. The second-order valence-electron chi connectivity index (χ2n) is 9.80. The molecule has 0 radical (unpaired) electrons. The molecule has 7 heteroatoms. The van der Waals surface area contributed by atoms with E-state index in [2.05, 4.69) is 13.8 Å². The van der Waals surface area contributed by atoms with E-state index < -0.39 is 11.9 Å². The van der Waals surface area contributed by atoms with E-state index in [0.29, 0.717) is 47.2 Å². The highest BCUT2D eigenvalue weighted by Crippen LogP contribution is 2.41. The fraction of sp³-hybridized carbons (Fsp3) is 0.290. The summed E-state index contributed by atoms with van der Waals surface area (Å²) in [5.74, 6) is 0.917. The summed E-state index contributed by atoms with van der Waals surface area (Å²) in [6, 6.07) is 17.7. The van der Waals surface area contributed by atoms with Gasteiger partial charge in [-0.2, -0.15) is 0 Å². The third-order valence-electron chi connectivity index (χ3n) is 6.68. The number of benzene rings is 3. The van der Waals surface area contributed by atoms with Crippen LogP contribution >= 0.6 is 0 Å². The van der Waals surface area contributed by atoms with E-state index in [0.717, 1.165) is 12.0 Å². The fourth-order valence-electron chi connectivity index (χ4n) is 4.75. The minimum Gasteiger partial charge on any atom is -0.490 e. The van der Waals surface area contributed by atoms with Crippen LogP contribution in [0.5, 0.6) is 11.5 Å². The van der Waals surface area contributed by atoms with Crippen LogP contribution in [0.15, 0.2) is 75.9 Å². The summed E-state index contributed by atoms with van der Waals surface area (Å²) in [4.78, 5) is 29.0. The number of halogens is 1. The molecule has 0 saturated carbocycles. The number of carbonyl (C=O) groups excluding carboxylic acids is 1. The molecule has 1 amide bonds. The number of amides is 1. The highest BCUT2D eigenvalue weighted by molar-refractivity contribution is 5.99. The number of ether oxygens (including phenoxy) is 2. The van der Waals surface area contributed by atoms with Crippen LogP contribution in [0.2, 0.25) is 0 Å². The number of fused-ring (bicyclic) bond motifs is 2. The van der Waals surface area contributed by atoms with Gasteiger partial charge in [-0.15, -0.1) is 0 Å². The zero-order chi connectivity index (χ0) is 26.8. The molecule has 38 heavy (non-hydrogen) atoms. The standard InChI is InChI=1S/C31H30FNO5/c1-4-36-26-17-21(11-14-25(26)37-16-15-19(2)3)28-27-29(34)23-7-5-6-8-24(23)38-30(27)31(35)33(28)18-20-9-12-22(32)13-10-20/h5-14,17,19,28H,4,15-16,18H2,1-3H3. The Balaban J connectivity index is 1.62. The molecular formula is C31H30FNO5. The van der Waals surface area contributed by atoms with Crippen molar-refractivity contribution in [3.63, 3.8) is 0 Å². The van der Waals surface area contributed by atoms with Crippen molar-refractivity contribution in [3.8, 4) is 11.5 Å². The zero-order valence-corrected chi connectivity index (χ0v) is 21.7. The van der Waals surface area contributed by atoms with Crippen LogP contribution in [0, 0.1) is 11.7 Å². The van der Waals surface area contributed by atoms with Crippen LogP contribution in [0.25, 0.3) is 11.0 Å². The number of hydrogen-bond acceptors (Lipinski definition) is 5. The van der Waals surface area contributed by atoms with Gasteiger partial charge in [0.15, 0.2) is 16.9 Å². The molecule has 5 rings (SSSR count). The second kappa shape index (κ2) is 10.7. The SMILES string of the molecule is CCOc1cc(C2c3c(oc4ccccc4c3=O)C(=O)N2Cc2ccc(F)cc2)ccc1OCCC(C)C. The Kier molecular flexibility index (Phi) is 7.18. The normalized spacial score (nSPS) is 14.8. The van der Waals surface area contributed by atoms with E-state index in [9.17, 15) is 14.0 Å². The van der Waals surface area contributed by atoms with Gasteiger partial charge in [-0.25, -0.2) is 4.39 Å². The molecule has 0 saturated heterocycles. The molecule has 0 fully saturated rings. The van der Waals surface area contributed by atoms with E-state index in [-0.39, 0.29) is 29.1 Å². The van der Waals surface area contributed by atoms with Crippen molar-refractivity contribution < 1.29 is 23.1 Å². The van der Waals surface area contributed by atoms with Crippen LogP contribution in [-0.2, 0) is 6.54 Å². The van der Waals surface area contributed by atoms with Crippen LogP contribution in [-0.4, -0.2) is 24.0 Å². The van der Waals surface area contributed by atoms with Crippen molar-refractivity contribution in [1.29, 1.82) is 0 Å². The molecule has 1 aliphatic rings. The lowest BCUT2D eigenvalue weighted by molar-refractivity contribution is 0.0714. The van der Waals surface area contributed by atoms with Gasteiger partial charge in [0.1, 0.15) is 11.4 Å². The molecule has 1 aromatic heterocycles. The highest BCUT2D eigenvalue weighted by Gasteiger charge is 2.43. The lowest BCUT2D eigenvalue weighted by Crippen LogP contribution is -2.29. The molecule has 6 nitrogen and oxygen atoms in total. The Hall–Kier alpha value is -4.13. The van der Waals surface area contributed by atoms with Gasteiger partial charge < -0.3 is 18.8 Å². The van der Waals surface area contributed by atoms with Crippen molar-refractivity contribution in [3.05, 3.63) is 105 Å². The number of hydrogen-bond donors (Lipinski definition) is 0. The molecule has 1 atom stereocenters. The van der Waals surface area contributed by atoms with Gasteiger partial charge in [0, 0.05) is 6.54 Å². The fourth-order valence-corrected chi connectivity index (χ4v) is 4.75. The van der Waals surface area contributed by atoms with Crippen molar-refractivity contribution in [2.24, 2.45) is 5.92 Å². The second-order valence-corrected chi connectivity index (χ2v) is 9.80. The largest absolute Gasteiger partial charge is 0.490 e. The maximum absolute atomic E-state index is 13.7. The third-order valence-corrected chi connectivity index (χ3v) is 6.68. The number of para-hydroxylation sites is 1. The van der Waals surface area contributed by atoms with Crippen LogP contribution < -0.4 is 14.9 Å². The molecule has 1 aliphatic heterocycles. The molecule has 0 aliphatic carbocycles. The summed E-state index contributed by atoms with van der Waals surface area (Å²) >= 11 is 0. The average molecular weight is 516 g/mol. The monoisotopic (exact) mass is 515 g/mol. The Morgan fingerprint density at radius 3 is 2.47 bits per heavy atom. The molecule has 0 N–H and O–H groups in total. The molecule has 196 valence electrons. The first kappa shape index (κ1) is 25.5. The van der Waals surface area contributed by atoms with E-state index >= 15 is 0 Å². The molecule has 2 heterocycles. The number of rotatable bonds is 9. The Bertz CT molecular complexity index is 1530. The minimum atomic E-state index is -0.715. The van der Waals surface area contributed by atoms with Gasteiger partial charge in [0.25, 0.3) is 5.91 Å². The Labute approximate surface area is 220 Å². The van der Waals surface area contributed by atoms with Crippen molar-refractivity contribution in [2.75, 3.05) is 13.2 Å². The summed E-state index contributed by atoms with van der Waals surface area (Å²) in [5.41, 5.74) is 1.81. The van der Waals surface area contributed by atoms with Crippen molar-refractivity contribution >= 4 is 16.9 Å². The van der Waals surface area contributed by atoms with Crippen molar-refractivity contribution in [2.45, 2.75) is 39.8 Å². The first-order chi connectivity index (χ1) is 18.4. The smallest absolute Gasteiger partial charge is 0.291 e. The first-order valence-electron chi connectivity index (χ1n) is 12.9. The molecule has 1 unspecified atom stereocenters. The summed E-state index contributed by atoms with van der Waals surface area (Å²) in [5, 5.41) is 0.409. The third kappa shape index (κ3) is 4.88. The lowest BCUT2D eigenvalue weighted by Gasteiger charge is -2.26. The lowest BCUT2D eigenvalue weighted by atomic mass is 9.97. The van der Waals surface area contributed by atoms with Gasteiger partial charge in [0.2, 0.25) is 5.76 Å². The topological polar surface area (TPSA) is 69.0 Å². The molecule has 0 bridgehead atoms. The first-order valence-corrected chi connectivity index (χ1v) is 12.9. The van der Waals surface area contributed by atoms with Gasteiger partial charge in [-0.05, 0) is 66.8 Å². The van der Waals surface area contributed by atoms with Crippen molar-refractivity contribution in [1.82, 2.24) is 4.90 Å². The maximum atomic E-state index is 13.7. The Morgan fingerprint density at radius 2 is 1.74 bits per heavy atom. The average Bonchev–Trinajstić information content (AvgIpc) is 3.18. The number of carbonyl (C=O) groups is 1. The predicted molar refractivity (Wildman–Crippen MR) is 143 cm³/mol. The van der Waals surface area contributed by atoms with Crippen LogP contribution in [0.3, 0.4) is 0 Å².